The third-order valence-electron chi connectivity index (χ3n) is 2.78. The van der Waals surface area contributed by atoms with E-state index in [0.29, 0.717) is 11.3 Å². The number of hydrogen-bond acceptors (Lipinski definition) is 3. The van der Waals surface area contributed by atoms with E-state index >= 15 is 0 Å². The fourth-order valence-corrected chi connectivity index (χ4v) is 2.34. The molecule has 0 aliphatic heterocycles. The van der Waals surface area contributed by atoms with Crippen molar-refractivity contribution in [2.24, 2.45) is 0 Å². The molecule has 82 valence electrons. The van der Waals surface area contributed by atoms with Gasteiger partial charge >= 0.3 is 0 Å². The summed E-state index contributed by atoms with van der Waals surface area (Å²) in [6, 6.07) is 1.53. The van der Waals surface area contributed by atoms with Gasteiger partial charge in [0.25, 0.3) is 0 Å². The van der Waals surface area contributed by atoms with Crippen LogP contribution in [0.1, 0.15) is 18.4 Å². The van der Waals surface area contributed by atoms with E-state index < -0.39 is 0 Å². The molecule has 1 aliphatic carbocycles. The van der Waals surface area contributed by atoms with Crippen LogP contribution >= 0.6 is 11.8 Å². The molecule has 1 N–H and O–H groups in total. The number of aromatic nitrogens is 1. The molecule has 0 spiro atoms. The number of hydrogen-bond donors (Lipinski definition) is 1. The molecule has 2 rings (SSSR count). The fourth-order valence-electron chi connectivity index (χ4n) is 1.58. The Morgan fingerprint density at radius 2 is 2.33 bits per heavy atom. The minimum absolute atomic E-state index is 0.264. The largest absolute Gasteiger partial charge is 0.311 e. The zero-order valence-corrected chi connectivity index (χ0v) is 9.61. The number of nitrogens with zero attached hydrogens (tertiary/aromatic N) is 1. The Morgan fingerprint density at radius 3 is 2.93 bits per heavy atom. The van der Waals surface area contributed by atoms with E-state index in [2.05, 4.69) is 16.6 Å². The lowest BCUT2D eigenvalue weighted by atomic mass is 10.3. The second-order valence-electron chi connectivity index (χ2n) is 4.00. The van der Waals surface area contributed by atoms with Gasteiger partial charge in [-0.05, 0) is 30.7 Å². The lowest BCUT2D eigenvalue weighted by Gasteiger charge is -2.12. The molecule has 0 amide bonds. The van der Waals surface area contributed by atoms with Crippen molar-refractivity contribution in [3.8, 4) is 0 Å². The molecule has 1 fully saturated rings. The van der Waals surface area contributed by atoms with Gasteiger partial charge in [0.1, 0.15) is 5.82 Å². The van der Waals surface area contributed by atoms with Gasteiger partial charge < -0.3 is 5.32 Å². The number of thioether (sulfide) groups is 1. The maximum absolute atomic E-state index is 12.8. The summed E-state index contributed by atoms with van der Waals surface area (Å²) in [6.45, 7) is 1.71. The third-order valence-corrected chi connectivity index (χ3v) is 4.20. The Morgan fingerprint density at radius 1 is 1.53 bits per heavy atom. The summed E-state index contributed by atoms with van der Waals surface area (Å²) in [5.74, 6) is -0.264. The first kappa shape index (κ1) is 10.9. The van der Waals surface area contributed by atoms with E-state index in [1.54, 1.807) is 6.20 Å². The van der Waals surface area contributed by atoms with Crippen molar-refractivity contribution >= 4 is 11.8 Å². The van der Waals surface area contributed by atoms with Gasteiger partial charge in [-0.2, -0.15) is 11.8 Å². The average Bonchev–Trinajstić information content (AvgIpc) is 2.99. The van der Waals surface area contributed by atoms with Crippen LogP contribution in [-0.2, 0) is 6.54 Å². The third kappa shape index (κ3) is 2.92. The fraction of sp³-hybridized carbons (Fsp3) is 0.545. The van der Waals surface area contributed by atoms with Crippen molar-refractivity contribution < 1.29 is 4.39 Å². The van der Waals surface area contributed by atoms with Crippen molar-refractivity contribution in [1.82, 2.24) is 10.3 Å². The molecule has 2 nitrogen and oxygen atoms in total. The standard InChI is InChI=1S/C11H15FN2S/c1-15-11(2-3-11)8-14-6-9-4-10(12)7-13-5-9/h4-5,7,14H,2-3,6,8H2,1H3. The van der Waals surface area contributed by atoms with E-state index in [9.17, 15) is 4.39 Å². The summed E-state index contributed by atoms with van der Waals surface area (Å²) in [6.07, 6.45) is 7.67. The Bertz CT molecular complexity index is 339. The van der Waals surface area contributed by atoms with Crippen LogP contribution in [0.25, 0.3) is 0 Å². The van der Waals surface area contributed by atoms with Gasteiger partial charge in [-0.15, -0.1) is 0 Å². The van der Waals surface area contributed by atoms with Crippen molar-refractivity contribution in [2.45, 2.75) is 24.1 Å². The molecule has 15 heavy (non-hydrogen) atoms. The SMILES string of the molecule is CSC1(CNCc2cncc(F)c2)CC1. The van der Waals surface area contributed by atoms with Gasteiger partial charge in [0.05, 0.1) is 6.20 Å². The summed E-state index contributed by atoms with van der Waals surface area (Å²) in [5, 5.41) is 3.36. The lowest BCUT2D eigenvalue weighted by molar-refractivity contribution is 0.610. The van der Waals surface area contributed by atoms with Gasteiger partial charge in [-0.25, -0.2) is 4.39 Å². The van der Waals surface area contributed by atoms with E-state index in [4.69, 9.17) is 0 Å². The minimum atomic E-state index is -0.264. The second kappa shape index (κ2) is 4.49. The smallest absolute Gasteiger partial charge is 0.141 e. The van der Waals surface area contributed by atoms with E-state index in [0.717, 1.165) is 12.1 Å². The number of halogens is 1. The molecule has 0 aromatic carbocycles. The van der Waals surface area contributed by atoms with Crippen LogP contribution in [0.15, 0.2) is 18.5 Å². The molecule has 0 bridgehead atoms. The van der Waals surface area contributed by atoms with E-state index in [1.165, 1.54) is 25.1 Å². The van der Waals surface area contributed by atoms with Gasteiger partial charge in [-0.3, -0.25) is 4.98 Å². The predicted molar refractivity (Wildman–Crippen MR) is 61.4 cm³/mol. The average molecular weight is 226 g/mol. The molecule has 0 atom stereocenters. The molecule has 1 saturated carbocycles. The number of nitrogens with one attached hydrogen (secondary N) is 1. The summed E-state index contributed by atoms with van der Waals surface area (Å²) in [7, 11) is 0. The predicted octanol–water partition coefficient (Wildman–Crippen LogP) is 2.21. The second-order valence-corrected chi connectivity index (χ2v) is 5.28. The first-order valence-corrected chi connectivity index (χ1v) is 6.32. The summed E-state index contributed by atoms with van der Waals surface area (Å²) in [4.78, 5) is 3.81. The highest BCUT2D eigenvalue weighted by Crippen LogP contribution is 2.46. The van der Waals surface area contributed by atoms with Crippen LogP contribution in [0, 0.1) is 5.82 Å². The molecular weight excluding hydrogens is 211 g/mol. The maximum Gasteiger partial charge on any atom is 0.141 e. The molecule has 1 heterocycles. The molecule has 4 heteroatoms. The Balaban J connectivity index is 1.78. The van der Waals surface area contributed by atoms with Crippen LogP contribution in [0.2, 0.25) is 0 Å². The highest BCUT2D eigenvalue weighted by atomic mass is 32.2. The zero-order valence-electron chi connectivity index (χ0n) is 8.79. The summed E-state index contributed by atoms with van der Waals surface area (Å²) in [5.41, 5.74) is 0.909. The Hall–Kier alpha value is -0.610. The molecule has 1 aliphatic rings. The van der Waals surface area contributed by atoms with Gasteiger partial charge in [0.2, 0.25) is 0 Å². The van der Waals surface area contributed by atoms with E-state index in [1.807, 2.05) is 11.8 Å². The molecular formula is C11H15FN2S. The summed E-state index contributed by atoms with van der Waals surface area (Å²) >= 11 is 1.92. The van der Waals surface area contributed by atoms with Crippen molar-refractivity contribution in [3.63, 3.8) is 0 Å². The molecule has 0 unspecified atom stereocenters. The quantitative estimate of drug-likeness (QED) is 0.833. The van der Waals surface area contributed by atoms with Crippen molar-refractivity contribution in [1.29, 1.82) is 0 Å². The topological polar surface area (TPSA) is 24.9 Å². The Labute approximate surface area is 93.7 Å². The number of rotatable bonds is 5. The zero-order chi connectivity index (χ0) is 10.7. The Kier molecular flexibility index (Phi) is 3.26. The first-order chi connectivity index (χ1) is 7.24. The van der Waals surface area contributed by atoms with Gasteiger partial charge in [-0.1, -0.05) is 0 Å². The van der Waals surface area contributed by atoms with Crippen molar-refractivity contribution in [2.75, 3.05) is 12.8 Å². The highest BCUT2D eigenvalue weighted by Gasteiger charge is 2.41. The normalized spacial score (nSPS) is 17.7. The summed E-state index contributed by atoms with van der Waals surface area (Å²) < 4.78 is 13.3. The van der Waals surface area contributed by atoms with Crippen LogP contribution in [0.5, 0.6) is 0 Å². The molecule has 1 aromatic rings. The molecule has 0 saturated heterocycles. The minimum Gasteiger partial charge on any atom is -0.311 e. The van der Waals surface area contributed by atoms with Gasteiger partial charge in [0.15, 0.2) is 0 Å². The number of pyridine rings is 1. The van der Waals surface area contributed by atoms with Crippen LogP contribution in [0.4, 0.5) is 4.39 Å². The molecule has 1 aromatic heterocycles. The lowest BCUT2D eigenvalue weighted by Crippen LogP contribution is -2.25. The van der Waals surface area contributed by atoms with Crippen LogP contribution < -0.4 is 5.32 Å². The first-order valence-electron chi connectivity index (χ1n) is 5.09. The monoisotopic (exact) mass is 226 g/mol. The maximum atomic E-state index is 12.8. The van der Waals surface area contributed by atoms with Crippen LogP contribution in [0.3, 0.4) is 0 Å². The van der Waals surface area contributed by atoms with E-state index in [-0.39, 0.29) is 5.82 Å². The van der Waals surface area contributed by atoms with Crippen molar-refractivity contribution in [3.05, 3.63) is 29.8 Å². The highest BCUT2D eigenvalue weighted by molar-refractivity contribution is 8.00. The van der Waals surface area contributed by atoms with Gasteiger partial charge in [0, 0.05) is 24.0 Å². The molecule has 0 radical (unpaired) electrons. The van der Waals surface area contributed by atoms with Crippen LogP contribution in [-0.4, -0.2) is 22.5 Å².